The number of methoxy groups -OCH3 is 2. The van der Waals surface area contributed by atoms with Gasteiger partial charge in [-0.05, 0) is 81.3 Å². The summed E-state index contributed by atoms with van der Waals surface area (Å²) in [5.74, 6) is 3.09. The van der Waals surface area contributed by atoms with Gasteiger partial charge in [-0.3, -0.25) is 0 Å². The van der Waals surface area contributed by atoms with Crippen LogP contribution in [-0.4, -0.2) is 59.9 Å². The van der Waals surface area contributed by atoms with Crippen LogP contribution in [0.2, 0.25) is 0 Å². The molecule has 3 aliphatic carbocycles. The molecule has 1 saturated carbocycles. The van der Waals surface area contributed by atoms with Crippen molar-refractivity contribution >= 4 is 16.6 Å². The van der Waals surface area contributed by atoms with Gasteiger partial charge in [0.25, 0.3) is 0 Å². The molecule has 0 saturated heterocycles. The molecule has 0 amide bonds. The van der Waals surface area contributed by atoms with Gasteiger partial charge in [-0.25, -0.2) is 4.98 Å². The van der Waals surface area contributed by atoms with E-state index in [1.807, 2.05) is 6.07 Å². The van der Waals surface area contributed by atoms with Gasteiger partial charge in [-0.1, -0.05) is 36.4 Å². The van der Waals surface area contributed by atoms with Gasteiger partial charge in [0, 0.05) is 18.9 Å². The molecule has 0 unspecified atom stereocenters. The van der Waals surface area contributed by atoms with E-state index in [1.165, 1.54) is 17.6 Å². The number of aromatic amines is 1. The van der Waals surface area contributed by atoms with Gasteiger partial charge < -0.3 is 24.5 Å². The number of aliphatic hydroxyl groups is 1. The number of imidazole rings is 1. The smallest absolute Gasteiger partial charge is 0.188 e. The summed E-state index contributed by atoms with van der Waals surface area (Å²) in [4.78, 5) is 10.6. The van der Waals surface area contributed by atoms with Crippen LogP contribution in [0, 0.1) is 18.8 Å². The second-order valence-corrected chi connectivity index (χ2v) is 10.7. The minimum Gasteiger partial charge on any atom is -0.493 e. The van der Waals surface area contributed by atoms with E-state index in [9.17, 15) is 5.11 Å². The molecule has 3 atom stereocenters. The number of aryl methyl sites for hydroxylation is 2. The van der Waals surface area contributed by atoms with E-state index in [4.69, 9.17) is 14.5 Å². The van der Waals surface area contributed by atoms with Crippen molar-refractivity contribution in [3.63, 3.8) is 0 Å². The highest BCUT2D eigenvalue weighted by atomic mass is 16.5. The highest BCUT2D eigenvalue weighted by molar-refractivity contribution is 5.87. The summed E-state index contributed by atoms with van der Waals surface area (Å²) >= 11 is 0. The summed E-state index contributed by atoms with van der Waals surface area (Å²) in [5, 5.41) is 11.6. The van der Waals surface area contributed by atoms with Gasteiger partial charge in [-0.2, -0.15) is 0 Å². The molecule has 6 rings (SSSR count). The maximum atomic E-state index is 11.6. The van der Waals surface area contributed by atoms with Crippen molar-refractivity contribution < 1.29 is 14.6 Å². The average Bonchev–Trinajstić information content (AvgIpc) is 3.33. The summed E-state index contributed by atoms with van der Waals surface area (Å²) in [6.45, 7) is 3.92. The molecule has 2 bridgehead atoms. The van der Waals surface area contributed by atoms with Crippen LogP contribution in [0.25, 0.3) is 16.6 Å². The summed E-state index contributed by atoms with van der Waals surface area (Å²) < 4.78 is 11.0. The number of nitrogens with zero attached hydrogens (tertiary/aromatic N) is 2. The molecule has 1 fully saturated rings. The van der Waals surface area contributed by atoms with Gasteiger partial charge in [0.2, 0.25) is 0 Å². The molecule has 6 nitrogen and oxygen atoms in total. The zero-order valence-electron chi connectivity index (χ0n) is 22.0. The number of allylic oxidation sites excluding steroid dienone is 1. The number of aromatic nitrogens is 2. The molecule has 36 heavy (non-hydrogen) atoms. The van der Waals surface area contributed by atoms with Crippen molar-refractivity contribution in [1.29, 1.82) is 0 Å². The fourth-order valence-corrected chi connectivity index (χ4v) is 6.24. The van der Waals surface area contributed by atoms with Crippen LogP contribution in [-0.2, 0) is 6.42 Å². The highest BCUT2D eigenvalue weighted by Gasteiger charge is 2.46. The van der Waals surface area contributed by atoms with E-state index in [1.54, 1.807) is 14.2 Å². The zero-order valence-corrected chi connectivity index (χ0v) is 22.0. The molecule has 2 N–H and O–H groups in total. The van der Waals surface area contributed by atoms with Gasteiger partial charge in [0.15, 0.2) is 11.5 Å². The Hall–Kier alpha value is -2.83. The van der Waals surface area contributed by atoms with E-state index in [-0.39, 0.29) is 5.92 Å². The third-order valence-corrected chi connectivity index (χ3v) is 8.28. The molecule has 3 aromatic rings. The first-order valence-electron chi connectivity index (χ1n) is 13.2. The Bertz CT molecular complexity index is 1240. The SMILES string of the molecule is COc1cc(C)c2[nH]c(CCCN(C)CC[C@]3(O)C[C@H]4CC[C@@H]3C=C4c3ccccc3)nc2c1OC. The first-order chi connectivity index (χ1) is 17.4. The molecular formula is C30H39N3O3. The van der Waals surface area contributed by atoms with E-state index in [0.717, 1.165) is 67.6 Å². The lowest BCUT2D eigenvalue weighted by molar-refractivity contribution is -0.0574. The minimum atomic E-state index is -0.582. The number of ether oxygens (including phenoxy) is 2. The van der Waals surface area contributed by atoms with E-state index in [2.05, 4.69) is 60.3 Å². The molecule has 2 aromatic carbocycles. The Morgan fingerprint density at radius 2 is 1.94 bits per heavy atom. The predicted molar refractivity (Wildman–Crippen MR) is 145 cm³/mol. The number of rotatable bonds is 10. The number of nitrogens with one attached hydrogen (secondary N) is 1. The quantitative estimate of drug-likeness (QED) is 0.400. The Morgan fingerprint density at radius 3 is 2.64 bits per heavy atom. The zero-order chi connectivity index (χ0) is 25.3. The number of fused-ring (bicyclic) bond motifs is 3. The average molecular weight is 490 g/mol. The standard InChI is InChI=1S/C30H39N3O3/c1-20-17-25(35-3)29(36-4)28-27(20)31-26(32-28)11-8-15-33(2)16-14-30(34)19-22-12-13-23(30)18-24(22)21-9-6-5-7-10-21/h5-7,9-10,17-18,22-23,34H,8,11-16,19H2,1-4H3,(H,31,32)/t22-,23-,30+/m1/s1. The van der Waals surface area contributed by atoms with Crippen molar-refractivity contribution in [3.05, 3.63) is 59.4 Å². The lowest BCUT2D eigenvalue weighted by Crippen LogP contribution is -2.48. The molecule has 0 aliphatic heterocycles. The number of hydrogen-bond acceptors (Lipinski definition) is 5. The van der Waals surface area contributed by atoms with E-state index in [0.29, 0.717) is 17.4 Å². The second-order valence-electron chi connectivity index (χ2n) is 10.7. The fourth-order valence-electron chi connectivity index (χ4n) is 6.24. The molecule has 0 spiro atoms. The summed E-state index contributed by atoms with van der Waals surface area (Å²) in [6, 6.07) is 12.7. The molecule has 0 radical (unpaired) electrons. The summed E-state index contributed by atoms with van der Waals surface area (Å²) in [7, 11) is 5.46. The highest BCUT2D eigenvalue weighted by Crippen LogP contribution is 2.51. The van der Waals surface area contributed by atoms with Crippen LogP contribution >= 0.6 is 0 Å². The van der Waals surface area contributed by atoms with Crippen molar-refractivity contribution in [3.8, 4) is 11.5 Å². The van der Waals surface area contributed by atoms with Gasteiger partial charge >= 0.3 is 0 Å². The Kier molecular flexibility index (Phi) is 7.09. The van der Waals surface area contributed by atoms with Crippen LogP contribution in [0.15, 0.2) is 42.5 Å². The van der Waals surface area contributed by atoms with Crippen LogP contribution in [0.4, 0.5) is 0 Å². The first kappa shape index (κ1) is 24.8. The largest absolute Gasteiger partial charge is 0.493 e. The van der Waals surface area contributed by atoms with Crippen molar-refractivity contribution in [2.75, 3.05) is 34.4 Å². The number of hydrogen-bond donors (Lipinski definition) is 2. The van der Waals surface area contributed by atoms with Crippen LogP contribution < -0.4 is 9.47 Å². The fraction of sp³-hybridized carbons (Fsp3) is 0.500. The topological polar surface area (TPSA) is 70.6 Å². The van der Waals surface area contributed by atoms with Crippen molar-refractivity contribution in [2.24, 2.45) is 11.8 Å². The molecular weight excluding hydrogens is 450 g/mol. The molecule has 192 valence electrons. The lowest BCUT2D eigenvalue weighted by atomic mass is 9.61. The van der Waals surface area contributed by atoms with Crippen LogP contribution in [0.1, 0.15) is 49.1 Å². The van der Waals surface area contributed by atoms with Crippen LogP contribution in [0.3, 0.4) is 0 Å². The first-order valence-corrected chi connectivity index (χ1v) is 13.2. The van der Waals surface area contributed by atoms with Crippen LogP contribution in [0.5, 0.6) is 11.5 Å². The Morgan fingerprint density at radius 1 is 1.14 bits per heavy atom. The Labute approximate surface area is 214 Å². The normalized spacial score (nSPS) is 23.3. The third kappa shape index (κ3) is 4.76. The van der Waals surface area contributed by atoms with Crippen molar-refractivity contribution in [2.45, 2.75) is 51.0 Å². The third-order valence-electron chi connectivity index (χ3n) is 8.28. The van der Waals surface area contributed by atoms with E-state index < -0.39 is 5.60 Å². The monoisotopic (exact) mass is 489 g/mol. The van der Waals surface area contributed by atoms with E-state index >= 15 is 0 Å². The maximum absolute atomic E-state index is 11.6. The Balaban J connectivity index is 1.16. The summed E-state index contributed by atoms with van der Waals surface area (Å²) in [5.41, 5.74) is 5.12. The van der Waals surface area contributed by atoms with Gasteiger partial charge in [0.05, 0.1) is 25.3 Å². The molecule has 6 heteroatoms. The van der Waals surface area contributed by atoms with Gasteiger partial charge in [-0.15, -0.1) is 0 Å². The molecule has 3 aliphatic rings. The number of H-pyrrole nitrogens is 1. The van der Waals surface area contributed by atoms with Crippen molar-refractivity contribution in [1.82, 2.24) is 14.9 Å². The minimum absolute atomic E-state index is 0.261. The maximum Gasteiger partial charge on any atom is 0.188 e. The van der Waals surface area contributed by atoms with Gasteiger partial charge in [0.1, 0.15) is 11.3 Å². The second kappa shape index (κ2) is 10.3. The molecule has 1 heterocycles. The predicted octanol–water partition coefficient (Wildman–Crippen LogP) is 5.39. The number of benzene rings is 2. The lowest BCUT2D eigenvalue weighted by Gasteiger charge is -2.48. The summed E-state index contributed by atoms with van der Waals surface area (Å²) in [6.07, 6.45) is 8.23. The molecule has 1 aromatic heterocycles.